The number of carbonyl (C=O) groups excluding carboxylic acids is 1. The number of carbonyl (C=O) groups is 1. The van der Waals surface area contributed by atoms with Crippen LogP contribution in [0.4, 0.5) is 5.69 Å². The molecular weight excluding hydrogens is 378 g/mol. The van der Waals surface area contributed by atoms with Crippen molar-refractivity contribution in [2.24, 2.45) is 0 Å². The van der Waals surface area contributed by atoms with Gasteiger partial charge in [-0.3, -0.25) is 4.79 Å². The van der Waals surface area contributed by atoms with E-state index < -0.39 is 6.10 Å². The molecule has 6 nitrogen and oxygen atoms in total. The minimum Gasteiger partial charge on any atom is -0.481 e. The lowest BCUT2D eigenvalue weighted by atomic mass is 10.2. The van der Waals surface area contributed by atoms with Crippen molar-refractivity contribution in [2.75, 3.05) is 5.32 Å². The number of benzene rings is 3. The molecule has 0 aliphatic heterocycles. The highest BCUT2D eigenvalue weighted by molar-refractivity contribution is 5.94. The second kappa shape index (κ2) is 8.61. The van der Waals surface area contributed by atoms with Gasteiger partial charge < -0.3 is 14.5 Å². The van der Waals surface area contributed by atoms with Crippen LogP contribution in [0.3, 0.4) is 0 Å². The van der Waals surface area contributed by atoms with E-state index in [1.807, 2.05) is 73.7 Å². The molecular formula is C24H21N3O3. The quantitative estimate of drug-likeness (QED) is 0.487. The molecule has 0 aliphatic rings. The van der Waals surface area contributed by atoms with Gasteiger partial charge in [-0.2, -0.15) is 0 Å². The van der Waals surface area contributed by atoms with E-state index in [-0.39, 0.29) is 5.91 Å². The molecule has 0 fully saturated rings. The van der Waals surface area contributed by atoms with Gasteiger partial charge in [0.15, 0.2) is 6.10 Å². The van der Waals surface area contributed by atoms with Crippen LogP contribution in [-0.2, 0) is 4.79 Å². The molecule has 0 radical (unpaired) electrons. The first-order valence-corrected chi connectivity index (χ1v) is 9.62. The third-order valence-corrected chi connectivity index (χ3v) is 4.49. The van der Waals surface area contributed by atoms with Gasteiger partial charge in [0, 0.05) is 16.8 Å². The summed E-state index contributed by atoms with van der Waals surface area (Å²) in [6.07, 6.45) is -0.649. The summed E-state index contributed by atoms with van der Waals surface area (Å²) >= 11 is 0. The molecule has 1 amide bonds. The molecule has 30 heavy (non-hydrogen) atoms. The minimum absolute atomic E-state index is 0.246. The van der Waals surface area contributed by atoms with E-state index in [0.717, 1.165) is 16.7 Å². The molecule has 150 valence electrons. The van der Waals surface area contributed by atoms with Crippen LogP contribution in [0.5, 0.6) is 5.75 Å². The summed E-state index contributed by atoms with van der Waals surface area (Å²) in [5.41, 5.74) is 3.26. The van der Waals surface area contributed by atoms with Gasteiger partial charge in [0.05, 0.1) is 0 Å². The highest BCUT2D eigenvalue weighted by atomic mass is 16.5. The predicted octanol–water partition coefficient (Wildman–Crippen LogP) is 5.12. The third kappa shape index (κ3) is 4.55. The standard InChI is InChI=1S/C24H21N3O3/c1-16-8-6-13-21(14-16)29-17(2)22(28)25-20-12-7-11-19(15-20)24-27-26-23(30-24)18-9-4-3-5-10-18/h3-15,17H,1-2H3,(H,25,28)/t17-/m0/s1. The average Bonchev–Trinajstić information content (AvgIpc) is 3.25. The topological polar surface area (TPSA) is 77.2 Å². The van der Waals surface area contributed by atoms with Gasteiger partial charge in [0.2, 0.25) is 11.8 Å². The number of hydrogen-bond acceptors (Lipinski definition) is 5. The number of rotatable bonds is 6. The van der Waals surface area contributed by atoms with Crippen molar-refractivity contribution in [3.8, 4) is 28.7 Å². The summed E-state index contributed by atoms with van der Waals surface area (Å²) in [5.74, 6) is 1.24. The van der Waals surface area contributed by atoms with Crippen molar-refractivity contribution in [1.29, 1.82) is 0 Å². The predicted molar refractivity (Wildman–Crippen MR) is 115 cm³/mol. The van der Waals surface area contributed by atoms with Crippen molar-refractivity contribution < 1.29 is 13.9 Å². The molecule has 1 heterocycles. The summed E-state index contributed by atoms with van der Waals surface area (Å²) in [6, 6.07) is 24.4. The molecule has 0 unspecified atom stereocenters. The first-order valence-electron chi connectivity index (χ1n) is 9.62. The SMILES string of the molecule is Cc1cccc(O[C@@H](C)C(=O)Nc2cccc(-c3nnc(-c4ccccc4)o3)c2)c1. The Labute approximate surface area is 174 Å². The van der Waals surface area contributed by atoms with E-state index in [1.54, 1.807) is 19.1 Å². The zero-order valence-electron chi connectivity index (χ0n) is 16.7. The highest BCUT2D eigenvalue weighted by Gasteiger charge is 2.16. The lowest BCUT2D eigenvalue weighted by molar-refractivity contribution is -0.122. The Balaban J connectivity index is 1.46. The minimum atomic E-state index is -0.649. The monoisotopic (exact) mass is 399 g/mol. The van der Waals surface area contributed by atoms with Crippen LogP contribution in [0.1, 0.15) is 12.5 Å². The Bertz CT molecular complexity index is 1160. The first-order chi connectivity index (χ1) is 14.6. The first kappa shape index (κ1) is 19.4. The number of ether oxygens (including phenoxy) is 1. The Morgan fingerprint density at radius 3 is 2.37 bits per heavy atom. The van der Waals surface area contributed by atoms with Gasteiger partial charge in [-0.05, 0) is 61.9 Å². The van der Waals surface area contributed by atoms with Crippen molar-refractivity contribution in [3.05, 3.63) is 84.4 Å². The second-order valence-corrected chi connectivity index (χ2v) is 6.93. The molecule has 4 aromatic rings. The number of aromatic nitrogens is 2. The van der Waals surface area contributed by atoms with Crippen LogP contribution >= 0.6 is 0 Å². The lowest BCUT2D eigenvalue weighted by Gasteiger charge is -2.15. The van der Waals surface area contributed by atoms with Crippen LogP contribution in [0.15, 0.2) is 83.3 Å². The molecule has 0 saturated heterocycles. The zero-order chi connectivity index (χ0) is 20.9. The summed E-state index contributed by atoms with van der Waals surface area (Å²) < 4.78 is 11.5. The molecule has 3 aromatic carbocycles. The number of nitrogens with one attached hydrogen (secondary N) is 1. The molecule has 1 atom stereocenters. The molecule has 0 aliphatic carbocycles. The summed E-state index contributed by atoms with van der Waals surface area (Å²) in [6.45, 7) is 3.69. The number of anilines is 1. The number of nitrogens with zero attached hydrogens (tertiary/aromatic N) is 2. The Hall–Kier alpha value is -3.93. The Morgan fingerprint density at radius 1 is 0.900 bits per heavy atom. The number of amides is 1. The van der Waals surface area contributed by atoms with Gasteiger partial charge in [0.1, 0.15) is 5.75 Å². The maximum absolute atomic E-state index is 12.6. The molecule has 0 saturated carbocycles. The molecule has 0 bridgehead atoms. The highest BCUT2D eigenvalue weighted by Crippen LogP contribution is 2.25. The molecule has 4 rings (SSSR count). The van der Waals surface area contributed by atoms with Gasteiger partial charge in [-0.25, -0.2) is 0 Å². The molecule has 6 heteroatoms. The van der Waals surface area contributed by atoms with Crippen LogP contribution in [-0.4, -0.2) is 22.2 Å². The van der Waals surface area contributed by atoms with Gasteiger partial charge in [0.25, 0.3) is 5.91 Å². The molecule has 1 N–H and O–H groups in total. The fourth-order valence-corrected chi connectivity index (χ4v) is 2.96. The normalized spacial score (nSPS) is 11.7. The van der Waals surface area contributed by atoms with Crippen LogP contribution < -0.4 is 10.1 Å². The van der Waals surface area contributed by atoms with E-state index in [4.69, 9.17) is 9.15 Å². The van der Waals surface area contributed by atoms with Crippen LogP contribution in [0, 0.1) is 6.92 Å². The second-order valence-electron chi connectivity index (χ2n) is 6.93. The Morgan fingerprint density at radius 2 is 1.60 bits per heavy atom. The van der Waals surface area contributed by atoms with Gasteiger partial charge >= 0.3 is 0 Å². The fourth-order valence-electron chi connectivity index (χ4n) is 2.96. The number of aryl methyl sites for hydroxylation is 1. The number of hydrogen-bond donors (Lipinski definition) is 1. The van der Waals surface area contributed by atoms with Crippen LogP contribution in [0.2, 0.25) is 0 Å². The smallest absolute Gasteiger partial charge is 0.265 e. The maximum Gasteiger partial charge on any atom is 0.265 e. The van der Waals surface area contributed by atoms with Crippen molar-refractivity contribution in [2.45, 2.75) is 20.0 Å². The zero-order valence-corrected chi connectivity index (χ0v) is 16.7. The molecule has 1 aromatic heterocycles. The van der Waals surface area contributed by atoms with E-state index in [1.165, 1.54) is 0 Å². The molecule has 0 spiro atoms. The fraction of sp³-hybridized carbons (Fsp3) is 0.125. The van der Waals surface area contributed by atoms with Gasteiger partial charge in [-0.1, -0.05) is 36.4 Å². The average molecular weight is 399 g/mol. The lowest BCUT2D eigenvalue weighted by Crippen LogP contribution is -2.30. The van der Waals surface area contributed by atoms with Crippen molar-refractivity contribution in [1.82, 2.24) is 10.2 Å². The van der Waals surface area contributed by atoms with E-state index in [9.17, 15) is 4.79 Å². The van der Waals surface area contributed by atoms with E-state index >= 15 is 0 Å². The van der Waals surface area contributed by atoms with Crippen molar-refractivity contribution in [3.63, 3.8) is 0 Å². The third-order valence-electron chi connectivity index (χ3n) is 4.49. The largest absolute Gasteiger partial charge is 0.481 e. The van der Waals surface area contributed by atoms with E-state index in [0.29, 0.717) is 23.2 Å². The van der Waals surface area contributed by atoms with Gasteiger partial charge in [-0.15, -0.1) is 10.2 Å². The van der Waals surface area contributed by atoms with E-state index in [2.05, 4.69) is 15.5 Å². The summed E-state index contributed by atoms with van der Waals surface area (Å²) in [4.78, 5) is 12.6. The van der Waals surface area contributed by atoms with Crippen LogP contribution in [0.25, 0.3) is 22.9 Å². The maximum atomic E-state index is 12.6. The summed E-state index contributed by atoms with van der Waals surface area (Å²) in [7, 11) is 0. The summed E-state index contributed by atoms with van der Waals surface area (Å²) in [5, 5.41) is 11.1. The Kier molecular flexibility index (Phi) is 5.57. The van der Waals surface area contributed by atoms with Crippen molar-refractivity contribution >= 4 is 11.6 Å².